The van der Waals surface area contributed by atoms with Crippen LogP contribution < -0.4 is 5.32 Å². The highest BCUT2D eigenvalue weighted by molar-refractivity contribution is 5.91. The molecule has 1 heterocycles. The van der Waals surface area contributed by atoms with Crippen molar-refractivity contribution in [1.82, 2.24) is 5.32 Å². The van der Waals surface area contributed by atoms with Crippen molar-refractivity contribution < 1.29 is 19.1 Å². The first-order valence-electron chi connectivity index (χ1n) is 4.92. The van der Waals surface area contributed by atoms with E-state index >= 15 is 0 Å². The van der Waals surface area contributed by atoms with Crippen LogP contribution in [0.25, 0.3) is 0 Å². The fourth-order valence-electron chi connectivity index (χ4n) is 1.64. The first kappa shape index (κ1) is 10.5. The van der Waals surface area contributed by atoms with E-state index in [9.17, 15) is 9.59 Å². The molecule has 1 aliphatic carbocycles. The molecule has 5 nitrogen and oxygen atoms in total. The molecular weight excluding hydrogens is 210 g/mol. The summed E-state index contributed by atoms with van der Waals surface area (Å²) in [5.74, 6) is -1.48. The van der Waals surface area contributed by atoms with Crippen LogP contribution in [0.5, 0.6) is 0 Å². The van der Waals surface area contributed by atoms with Crippen molar-refractivity contribution >= 4 is 11.9 Å². The molecule has 2 rings (SSSR count). The van der Waals surface area contributed by atoms with Gasteiger partial charge in [0.2, 0.25) is 0 Å². The Kier molecular flexibility index (Phi) is 2.76. The van der Waals surface area contributed by atoms with Crippen molar-refractivity contribution in [2.75, 3.05) is 0 Å². The molecule has 0 spiro atoms. The summed E-state index contributed by atoms with van der Waals surface area (Å²) >= 11 is 0. The van der Waals surface area contributed by atoms with E-state index in [1.54, 1.807) is 24.3 Å². The molecule has 5 heteroatoms. The summed E-state index contributed by atoms with van der Waals surface area (Å²) in [7, 11) is 0. The van der Waals surface area contributed by atoms with Crippen LogP contribution in [0.15, 0.2) is 35.0 Å². The predicted molar refractivity (Wildman–Crippen MR) is 54.8 cm³/mol. The van der Waals surface area contributed by atoms with Crippen LogP contribution in [0.2, 0.25) is 0 Å². The van der Waals surface area contributed by atoms with Crippen molar-refractivity contribution in [2.45, 2.75) is 12.5 Å². The summed E-state index contributed by atoms with van der Waals surface area (Å²) in [6, 6.07) is 2.95. The largest absolute Gasteiger partial charge is 0.481 e. The van der Waals surface area contributed by atoms with Gasteiger partial charge in [-0.1, -0.05) is 12.2 Å². The summed E-state index contributed by atoms with van der Waals surface area (Å²) in [6.45, 7) is 0. The number of nitrogens with one attached hydrogen (secondary N) is 1. The quantitative estimate of drug-likeness (QED) is 0.747. The average molecular weight is 221 g/mol. The lowest BCUT2D eigenvalue weighted by atomic mass is 10.1. The molecule has 2 unspecified atom stereocenters. The molecule has 16 heavy (non-hydrogen) atoms. The van der Waals surface area contributed by atoms with E-state index in [2.05, 4.69) is 5.32 Å². The SMILES string of the molecule is O=C(NC1C=CC(C(=O)O)C1)c1ccco1. The molecule has 1 aromatic heterocycles. The van der Waals surface area contributed by atoms with E-state index < -0.39 is 11.9 Å². The number of carbonyl (C=O) groups excluding carboxylic acids is 1. The number of amides is 1. The molecule has 0 saturated heterocycles. The van der Waals surface area contributed by atoms with Crippen LogP contribution in [0.1, 0.15) is 17.0 Å². The molecule has 0 radical (unpaired) electrons. The zero-order chi connectivity index (χ0) is 11.5. The number of carboxylic acids is 1. The first-order valence-corrected chi connectivity index (χ1v) is 4.92. The molecule has 0 aromatic carbocycles. The van der Waals surface area contributed by atoms with Gasteiger partial charge in [-0.05, 0) is 18.6 Å². The van der Waals surface area contributed by atoms with E-state index in [0.29, 0.717) is 6.42 Å². The van der Waals surface area contributed by atoms with Gasteiger partial charge in [0.25, 0.3) is 5.91 Å². The highest BCUT2D eigenvalue weighted by Gasteiger charge is 2.25. The van der Waals surface area contributed by atoms with Gasteiger partial charge in [0.1, 0.15) is 0 Å². The van der Waals surface area contributed by atoms with Crippen molar-refractivity contribution in [3.63, 3.8) is 0 Å². The molecule has 0 fully saturated rings. The highest BCUT2D eigenvalue weighted by atomic mass is 16.4. The fraction of sp³-hybridized carbons (Fsp3) is 0.273. The minimum atomic E-state index is -0.869. The lowest BCUT2D eigenvalue weighted by Gasteiger charge is -2.10. The summed E-state index contributed by atoms with van der Waals surface area (Å²) < 4.78 is 4.93. The van der Waals surface area contributed by atoms with Crippen LogP contribution >= 0.6 is 0 Å². The van der Waals surface area contributed by atoms with E-state index in [1.165, 1.54) is 6.26 Å². The molecule has 0 bridgehead atoms. The van der Waals surface area contributed by atoms with Crippen molar-refractivity contribution in [3.05, 3.63) is 36.3 Å². The highest BCUT2D eigenvalue weighted by Crippen LogP contribution is 2.18. The number of furan rings is 1. The van der Waals surface area contributed by atoms with Gasteiger partial charge in [0, 0.05) is 6.04 Å². The second kappa shape index (κ2) is 4.22. The summed E-state index contributed by atoms with van der Waals surface area (Å²) in [6.07, 6.45) is 5.09. The zero-order valence-corrected chi connectivity index (χ0v) is 8.42. The first-order chi connectivity index (χ1) is 7.66. The van der Waals surface area contributed by atoms with Gasteiger partial charge in [-0.25, -0.2) is 0 Å². The van der Waals surface area contributed by atoms with Crippen LogP contribution in [0.4, 0.5) is 0 Å². The van der Waals surface area contributed by atoms with Gasteiger partial charge in [-0.15, -0.1) is 0 Å². The standard InChI is InChI=1S/C11H11NO4/c13-10(9-2-1-5-16-9)12-8-4-3-7(6-8)11(14)15/h1-5,7-8H,6H2,(H,12,13)(H,14,15). The monoisotopic (exact) mass is 221 g/mol. The Balaban J connectivity index is 1.91. The van der Waals surface area contributed by atoms with E-state index in [1.807, 2.05) is 0 Å². The van der Waals surface area contributed by atoms with E-state index in [-0.39, 0.29) is 17.7 Å². The Morgan fingerprint density at radius 3 is 2.81 bits per heavy atom. The number of carbonyl (C=O) groups is 2. The maximum absolute atomic E-state index is 11.6. The van der Waals surface area contributed by atoms with Gasteiger partial charge >= 0.3 is 5.97 Å². The second-order valence-corrected chi connectivity index (χ2v) is 3.62. The summed E-state index contributed by atoms with van der Waals surface area (Å²) in [5, 5.41) is 11.4. The number of rotatable bonds is 3. The van der Waals surface area contributed by atoms with Crippen molar-refractivity contribution in [2.24, 2.45) is 5.92 Å². The van der Waals surface area contributed by atoms with Crippen molar-refractivity contribution in [3.8, 4) is 0 Å². The van der Waals surface area contributed by atoms with Gasteiger partial charge in [0.05, 0.1) is 12.2 Å². The molecule has 84 valence electrons. The Morgan fingerprint density at radius 1 is 1.44 bits per heavy atom. The normalized spacial score (nSPS) is 23.2. The Bertz CT molecular complexity index is 421. The molecule has 2 N–H and O–H groups in total. The maximum atomic E-state index is 11.6. The predicted octanol–water partition coefficient (Wildman–Crippen LogP) is 1.04. The number of hydrogen-bond donors (Lipinski definition) is 2. The third-order valence-electron chi connectivity index (χ3n) is 2.46. The lowest BCUT2D eigenvalue weighted by Crippen LogP contribution is -2.33. The Morgan fingerprint density at radius 2 is 2.25 bits per heavy atom. The Hall–Kier alpha value is -2.04. The molecule has 0 aliphatic heterocycles. The average Bonchev–Trinajstić information content (AvgIpc) is 2.87. The zero-order valence-electron chi connectivity index (χ0n) is 8.42. The minimum Gasteiger partial charge on any atom is -0.481 e. The Labute approximate surface area is 91.8 Å². The summed E-state index contributed by atoms with van der Waals surface area (Å²) in [5.41, 5.74) is 0. The topological polar surface area (TPSA) is 79.5 Å². The minimum absolute atomic E-state index is 0.229. The molecule has 1 aliphatic rings. The molecular formula is C11H11NO4. The molecule has 0 saturated carbocycles. The van der Waals surface area contributed by atoms with E-state index in [4.69, 9.17) is 9.52 Å². The molecule has 2 atom stereocenters. The fourth-order valence-corrected chi connectivity index (χ4v) is 1.64. The van der Waals surface area contributed by atoms with Gasteiger partial charge < -0.3 is 14.8 Å². The number of hydrogen-bond acceptors (Lipinski definition) is 3. The van der Waals surface area contributed by atoms with E-state index in [0.717, 1.165) is 0 Å². The number of carboxylic acid groups (broad SMARTS) is 1. The smallest absolute Gasteiger partial charge is 0.310 e. The molecule has 1 amide bonds. The van der Waals surface area contributed by atoms with Crippen LogP contribution in [-0.2, 0) is 4.79 Å². The number of aliphatic carboxylic acids is 1. The third-order valence-corrected chi connectivity index (χ3v) is 2.46. The maximum Gasteiger partial charge on any atom is 0.310 e. The van der Waals surface area contributed by atoms with Gasteiger partial charge in [-0.2, -0.15) is 0 Å². The van der Waals surface area contributed by atoms with Gasteiger partial charge in [-0.3, -0.25) is 9.59 Å². The van der Waals surface area contributed by atoms with Crippen LogP contribution in [-0.4, -0.2) is 23.0 Å². The molecule has 1 aromatic rings. The second-order valence-electron chi connectivity index (χ2n) is 3.62. The summed E-state index contributed by atoms with van der Waals surface area (Å²) in [4.78, 5) is 22.2. The van der Waals surface area contributed by atoms with Crippen LogP contribution in [0.3, 0.4) is 0 Å². The van der Waals surface area contributed by atoms with Crippen LogP contribution in [0, 0.1) is 5.92 Å². The third kappa shape index (κ3) is 2.13. The van der Waals surface area contributed by atoms with Gasteiger partial charge in [0.15, 0.2) is 5.76 Å². The lowest BCUT2D eigenvalue weighted by molar-refractivity contribution is -0.140. The van der Waals surface area contributed by atoms with Crippen molar-refractivity contribution in [1.29, 1.82) is 0 Å².